The van der Waals surface area contributed by atoms with Crippen molar-refractivity contribution in [2.45, 2.75) is 26.7 Å². The first-order valence-corrected chi connectivity index (χ1v) is 6.82. The minimum absolute atomic E-state index is 0.0787. The number of halogens is 2. The lowest BCUT2D eigenvalue weighted by Crippen LogP contribution is -2.34. The third-order valence-electron chi connectivity index (χ3n) is 2.80. The molecular formula is C13H18Cl2N2O2. The van der Waals surface area contributed by atoms with Crippen LogP contribution in [0.4, 0.5) is 0 Å². The number of carbonyl (C=O) groups excluding carboxylic acids is 1. The van der Waals surface area contributed by atoms with Crippen molar-refractivity contribution in [3.63, 3.8) is 0 Å². The molecule has 0 unspecified atom stereocenters. The van der Waals surface area contributed by atoms with Crippen LogP contribution in [0.2, 0.25) is 10.3 Å². The molecule has 0 fully saturated rings. The predicted molar refractivity (Wildman–Crippen MR) is 76.7 cm³/mol. The van der Waals surface area contributed by atoms with Gasteiger partial charge in [-0.15, -0.1) is 0 Å². The maximum Gasteiger partial charge on any atom is 0.254 e. The van der Waals surface area contributed by atoms with Gasteiger partial charge in [-0.25, -0.2) is 4.98 Å². The summed E-state index contributed by atoms with van der Waals surface area (Å²) in [5.41, 5.74) is 0.231. The molecule has 0 aromatic carbocycles. The van der Waals surface area contributed by atoms with Gasteiger partial charge in [-0.05, 0) is 30.4 Å². The molecule has 1 amide bonds. The van der Waals surface area contributed by atoms with E-state index in [1.54, 1.807) is 6.07 Å². The molecule has 0 atom stereocenters. The Morgan fingerprint density at radius 2 is 2.11 bits per heavy atom. The van der Waals surface area contributed by atoms with Crippen LogP contribution < -0.4 is 5.32 Å². The number of pyridine rings is 1. The van der Waals surface area contributed by atoms with Crippen LogP contribution in [0.1, 0.15) is 37.0 Å². The summed E-state index contributed by atoms with van der Waals surface area (Å²) < 4.78 is 0. The highest BCUT2D eigenvalue weighted by molar-refractivity contribution is 6.34. The van der Waals surface area contributed by atoms with Crippen molar-refractivity contribution in [1.82, 2.24) is 10.3 Å². The zero-order valence-corrected chi connectivity index (χ0v) is 12.6. The van der Waals surface area contributed by atoms with Crippen molar-refractivity contribution in [3.8, 4) is 0 Å². The number of aliphatic hydroxyl groups is 1. The quantitative estimate of drug-likeness (QED) is 0.794. The molecule has 2 N–H and O–H groups in total. The molecule has 106 valence electrons. The molecule has 6 heteroatoms. The summed E-state index contributed by atoms with van der Waals surface area (Å²) >= 11 is 11.5. The average Bonchev–Trinajstić information content (AvgIpc) is 2.34. The second-order valence-electron chi connectivity index (χ2n) is 5.15. The molecule has 1 aromatic heterocycles. The van der Waals surface area contributed by atoms with E-state index < -0.39 is 0 Å². The Morgan fingerprint density at radius 1 is 1.42 bits per heavy atom. The van der Waals surface area contributed by atoms with Gasteiger partial charge in [-0.1, -0.05) is 37.0 Å². The molecule has 1 aromatic rings. The molecule has 0 bridgehead atoms. The van der Waals surface area contributed by atoms with Crippen LogP contribution in [0.15, 0.2) is 12.1 Å². The Morgan fingerprint density at radius 3 is 2.68 bits per heavy atom. The predicted octanol–water partition coefficient (Wildman–Crippen LogP) is 2.92. The first kappa shape index (κ1) is 16.2. The van der Waals surface area contributed by atoms with Gasteiger partial charge < -0.3 is 10.4 Å². The number of hydrogen-bond donors (Lipinski definition) is 2. The van der Waals surface area contributed by atoms with Crippen LogP contribution in [0.3, 0.4) is 0 Å². The van der Waals surface area contributed by atoms with E-state index >= 15 is 0 Å². The normalized spacial score (nSPS) is 11.4. The van der Waals surface area contributed by atoms with Gasteiger partial charge in [0.1, 0.15) is 10.3 Å². The highest BCUT2D eigenvalue weighted by Crippen LogP contribution is 2.21. The Kier molecular flexibility index (Phi) is 6.04. The highest BCUT2D eigenvalue weighted by atomic mass is 35.5. The van der Waals surface area contributed by atoms with Gasteiger partial charge in [-0.3, -0.25) is 4.79 Å². The van der Waals surface area contributed by atoms with Crippen LogP contribution in [0, 0.1) is 5.41 Å². The van der Waals surface area contributed by atoms with E-state index in [1.165, 1.54) is 6.07 Å². The van der Waals surface area contributed by atoms with Crippen LogP contribution in [0.25, 0.3) is 0 Å². The van der Waals surface area contributed by atoms with E-state index in [2.05, 4.69) is 10.3 Å². The van der Waals surface area contributed by atoms with Gasteiger partial charge in [0.15, 0.2) is 0 Å². The number of amides is 1. The van der Waals surface area contributed by atoms with Crippen molar-refractivity contribution in [1.29, 1.82) is 0 Å². The first-order chi connectivity index (χ1) is 8.85. The number of nitrogens with one attached hydrogen (secondary N) is 1. The van der Waals surface area contributed by atoms with Gasteiger partial charge in [0.05, 0.1) is 5.56 Å². The van der Waals surface area contributed by atoms with E-state index in [-0.39, 0.29) is 28.2 Å². The molecule has 1 heterocycles. The molecule has 0 aliphatic heterocycles. The van der Waals surface area contributed by atoms with Gasteiger partial charge in [0.25, 0.3) is 5.91 Å². The van der Waals surface area contributed by atoms with Gasteiger partial charge in [-0.2, -0.15) is 0 Å². The molecule has 0 radical (unpaired) electrons. The summed E-state index contributed by atoms with van der Waals surface area (Å²) in [6.45, 7) is 4.73. The van der Waals surface area contributed by atoms with E-state index in [0.717, 1.165) is 6.42 Å². The Balaban J connectivity index is 2.60. The van der Waals surface area contributed by atoms with Crippen molar-refractivity contribution < 1.29 is 9.90 Å². The summed E-state index contributed by atoms with van der Waals surface area (Å²) in [4.78, 5) is 15.8. The van der Waals surface area contributed by atoms with Crippen LogP contribution in [-0.2, 0) is 0 Å². The number of aromatic nitrogens is 1. The standard InChI is InChI=1S/C13H18Cl2N2O2/c1-13(2,6-3-7-18)8-16-12(19)9-4-5-10(14)17-11(9)15/h4-5,18H,3,6-8H2,1-2H3,(H,16,19). The molecule has 19 heavy (non-hydrogen) atoms. The Labute approximate surface area is 123 Å². The fourth-order valence-electron chi connectivity index (χ4n) is 1.64. The SMILES string of the molecule is CC(C)(CCCO)CNC(=O)c1ccc(Cl)nc1Cl. The third kappa shape index (κ3) is 5.35. The van der Waals surface area contributed by atoms with Crippen molar-refractivity contribution in [2.24, 2.45) is 5.41 Å². The summed E-state index contributed by atoms with van der Waals surface area (Å²) in [7, 11) is 0. The number of nitrogens with zero attached hydrogens (tertiary/aromatic N) is 1. The largest absolute Gasteiger partial charge is 0.396 e. The molecule has 0 aliphatic rings. The molecular weight excluding hydrogens is 287 g/mol. The number of aliphatic hydroxyl groups excluding tert-OH is 1. The second kappa shape index (κ2) is 7.08. The second-order valence-corrected chi connectivity index (χ2v) is 5.89. The van der Waals surface area contributed by atoms with E-state index in [9.17, 15) is 4.79 Å². The number of carbonyl (C=O) groups is 1. The molecule has 0 spiro atoms. The van der Waals surface area contributed by atoms with Gasteiger partial charge in [0.2, 0.25) is 0 Å². The smallest absolute Gasteiger partial charge is 0.254 e. The molecule has 0 saturated carbocycles. The van der Waals surface area contributed by atoms with E-state index in [1.807, 2.05) is 13.8 Å². The van der Waals surface area contributed by atoms with E-state index in [0.29, 0.717) is 18.5 Å². The maximum absolute atomic E-state index is 12.0. The minimum atomic E-state index is -0.272. The fraction of sp³-hybridized carbons (Fsp3) is 0.538. The highest BCUT2D eigenvalue weighted by Gasteiger charge is 2.20. The minimum Gasteiger partial charge on any atom is -0.396 e. The lowest BCUT2D eigenvalue weighted by atomic mass is 9.88. The van der Waals surface area contributed by atoms with Crippen molar-refractivity contribution in [2.75, 3.05) is 13.2 Å². The molecule has 1 rings (SSSR count). The van der Waals surface area contributed by atoms with Gasteiger partial charge in [0, 0.05) is 13.2 Å². The number of hydrogen-bond acceptors (Lipinski definition) is 3. The van der Waals surface area contributed by atoms with Crippen molar-refractivity contribution >= 4 is 29.1 Å². The lowest BCUT2D eigenvalue weighted by molar-refractivity contribution is 0.0933. The lowest BCUT2D eigenvalue weighted by Gasteiger charge is -2.24. The van der Waals surface area contributed by atoms with Crippen molar-refractivity contribution in [3.05, 3.63) is 28.0 Å². The molecule has 0 saturated heterocycles. The zero-order chi connectivity index (χ0) is 14.5. The van der Waals surface area contributed by atoms with Crippen LogP contribution in [0.5, 0.6) is 0 Å². The third-order valence-corrected chi connectivity index (χ3v) is 3.30. The summed E-state index contributed by atoms with van der Waals surface area (Å²) in [5, 5.41) is 12.0. The summed E-state index contributed by atoms with van der Waals surface area (Å²) in [6.07, 6.45) is 1.54. The number of rotatable bonds is 6. The monoisotopic (exact) mass is 304 g/mol. The zero-order valence-electron chi connectivity index (χ0n) is 11.0. The molecule has 0 aliphatic carbocycles. The van der Waals surface area contributed by atoms with Crippen LogP contribution in [-0.4, -0.2) is 29.1 Å². The first-order valence-electron chi connectivity index (χ1n) is 6.07. The van der Waals surface area contributed by atoms with E-state index in [4.69, 9.17) is 28.3 Å². The maximum atomic E-state index is 12.0. The Hall–Kier alpha value is -0.840. The molecule has 4 nitrogen and oxygen atoms in total. The fourth-order valence-corrected chi connectivity index (χ4v) is 2.07. The summed E-state index contributed by atoms with van der Waals surface area (Å²) in [6, 6.07) is 3.08. The van der Waals surface area contributed by atoms with Crippen LogP contribution >= 0.6 is 23.2 Å². The van der Waals surface area contributed by atoms with Gasteiger partial charge >= 0.3 is 0 Å². The topological polar surface area (TPSA) is 62.2 Å². The average molecular weight is 305 g/mol. The summed E-state index contributed by atoms with van der Waals surface area (Å²) in [5.74, 6) is -0.272. The Bertz CT molecular complexity index is 450.